The molecule has 0 spiro atoms. The Bertz CT molecular complexity index is 326. The molecule has 0 aromatic rings. The van der Waals surface area contributed by atoms with Crippen LogP contribution in [0, 0.1) is 0 Å². The van der Waals surface area contributed by atoms with Crippen LogP contribution in [-0.4, -0.2) is 91.3 Å². The Morgan fingerprint density at radius 3 is 2.32 bits per heavy atom. The third kappa shape index (κ3) is 4.84. The van der Waals surface area contributed by atoms with Crippen molar-refractivity contribution >= 4 is 0 Å². The minimum Gasteiger partial charge on any atom is -0.388 e. The number of hydrogen-bond donors (Lipinski definition) is 3. The molecular formula is C14H26O8. The SMILES string of the molecule is CC(C)OC[C@H]1OCC(OCOC[C@H]2OCC(O)[C@H]2O)[C@H]1O. The average molecular weight is 322 g/mol. The lowest BCUT2D eigenvalue weighted by atomic mass is 10.1. The van der Waals surface area contributed by atoms with Crippen LogP contribution in [-0.2, 0) is 23.7 Å². The summed E-state index contributed by atoms with van der Waals surface area (Å²) in [6.45, 7) is 4.59. The van der Waals surface area contributed by atoms with Gasteiger partial charge >= 0.3 is 0 Å². The van der Waals surface area contributed by atoms with Crippen LogP contribution in [0.2, 0.25) is 0 Å². The fraction of sp³-hybridized carbons (Fsp3) is 1.00. The van der Waals surface area contributed by atoms with E-state index in [-0.39, 0.29) is 32.7 Å². The van der Waals surface area contributed by atoms with Gasteiger partial charge in [-0.1, -0.05) is 0 Å². The maximum absolute atomic E-state index is 10.1. The van der Waals surface area contributed by atoms with Crippen molar-refractivity contribution in [2.75, 3.05) is 33.2 Å². The molecule has 6 atom stereocenters. The number of aliphatic hydroxyl groups is 3. The first kappa shape index (κ1) is 18.0. The van der Waals surface area contributed by atoms with Crippen LogP contribution in [0.25, 0.3) is 0 Å². The molecule has 2 rings (SSSR count). The van der Waals surface area contributed by atoms with E-state index in [0.717, 1.165) is 0 Å². The lowest BCUT2D eigenvalue weighted by Gasteiger charge is -2.19. The van der Waals surface area contributed by atoms with Crippen LogP contribution >= 0.6 is 0 Å². The molecule has 2 saturated heterocycles. The van der Waals surface area contributed by atoms with Crippen LogP contribution in [0.5, 0.6) is 0 Å². The summed E-state index contributed by atoms with van der Waals surface area (Å²) in [4.78, 5) is 0. The van der Waals surface area contributed by atoms with Crippen LogP contribution < -0.4 is 0 Å². The molecule has 0 radical (unpaired) electrons. The highest BCUT2D eigenvalue weighted by atomic mass is 16.7. The van der Waals surface area contributed by atoms with E-state index in [1.165, 1.54) is 0 Å². The Balaban J connectivity index is 1.59. The maximum atomic E-state index is 10.1. The number of rotatable bonds is 8. The third-order valence-electron chi connectivity index (χ3n) is 3.73. The zero-order chi connectivity index (χ0) is 16.1. The molecule has 2 unspecified atom stereocenters. The minimum absolute atomic E-state index is 0.0501. The van der Waals surface area contributed by atoms with Crippen molar-refractivity contribution in [2.24, 2.45) is 0 Å². The van der Waals surface area contributed by atoms with Crippen LogP contribution in [0.15, 0.2) is 0 Å². The Labute approximate surface area is 129 Å². The van der Waals surface area contributed by atoms with Crippen molar-refractivity contribution in [1.82, 2.24) is 0 Å². The molecule has 22 heavy (non-hydrogen) atoms. The van der Waals surface area contributed by atoms with Gasteiger partial charge in [0.15, 0.2) is 0 Å². The summed E-state index contributed by atoms with van der Waals surface area (Å²) in [6.07, 6.45) is -3.94. The number of hydrogen-bond acceptors (Lipinski definition) is 8. The Hall–Kier alpha value is -0.320. The molecule has 2 aliphatic rings. The molecule has 0 amide bonds. The van der Waals surface area contributed by atoms with Crippen LogP contribution in [0.1, 0.15) is 13.8 Å². The van der Waals surface area contributed by atoms with Gasteiger partial charge in [0.1, 0.15) is 43.4 Å². The zero-order valence-electron chi connectivity index (χ0n) is 13.0. The fourth-order valence-corrected chi connectivity index (χ4v) is 2.35. The molecule has 0 saturated carbocycles. The minimum atomic E-state index is -0.946. The molecular weight excluding hydrogens is 296 g/mol. The monoisotopic (exact) mass is 322 g/mol. The molecule has 2 heterocycles. The Kier molecular flexibility index (Phi) is 6.97. The fourth-order valence-electron chi connectivity index (χ4n) is 2.35. The molecule has 0 aliphatic carbocycles. The van der Waals surface area contributed by atoms with Crippen molar-refractivity contribution < 1.29 is 39.0 Å². The molecule has 0 aromatic carbocycles. The topological polar surface area (TPSA) is 107 Å². The largest absolute Gasteiger partial charge is 0.388 e. The van der Waals surface area contributed by atoms with Gasteiger partial charge in [-0.15, -0.1) is 0 Å². The van der Waals surface area contributed by atoms with Crippen molar-refractivity contribution in [3.8, 4) is 0 Å². The van der Waals surface area contributed by atoms with Gasteiger partial charge in [0.05, 0.1) is 32.5 Å². The molecule has 8 nitrogen and oxygen atoms in total. The molecule has 2 aliphatic heterocycles. The van der Waals surface area contributed by atoms with Gasteiger partial charge in [0.25, 0.3) is 0 Å². The molecule has 0 bridgehead atoms. The quantitative estimate of drug-likeness (QED) is 0.372. The normalized spacial score (nSPS) is 39.0. The Morgan fingerprint density at radius 2 is 1.68 bits per heavy atom. The lowest BCUT2D eigenvalue weighted by Crippen LogP contribution is -2.36. The standard InChI is InChI=1S/C14H26O8/c1-8(2)19-5-11-14(17)12(6-21-11)22-7-18-4-10-13(16)9(15)3-20-10/h8-17H,3-7H2,1-2H3/t9?,10-,11-,12?,13-,14+/m1/s1. The lowest BCUT2D eigenvalue weighted by molar-refractivity contribution is -0.135. The van der Waals surface area contributed by atoms with Crippen LogP contribution in [0.4, 0.5) is 0 Å². The molecule has 130 valence electrons. The summed E-state index contributed by atoms with van der Waals surface area (Å²) < 4.78 is 26.7. The van der Waals surface area contributed by atoms with E-state index in [0.29, 0.717) is 6.61 Å². The molecule has 0 aromatic heterocycles. The first-order valence-electron chi connectivity index (χ1n) is 7.57. The van der Waals surface area contributed by atoms with E-state index >= 15 is 0 Å². The van der Waals surface area contributed by atoms with Gasteiger partial charge in [-0.25, -0.2) is 0 Å². The van der Waals surface area contributed by atoms with E-state index < -0.39 is 36.6 Å². The highest BCUT2D eigenvalue weighted by Gasteiger charge is 2.37. The molecule has 8 heteroatoms. The number of ether oxygens (including phenoxy) is 5. The van der Waals surface area contributed by atoms with Gasteiger partial charge in [-0.2, -0.15) is 0 Å². The van der Waals surface area contributed by atoms with Gasteiger partial charge in [-0.3, -0.25) is 0 Å². The summed E-state index contributed by atoms with van der Waals surface area (Å²) in [6, 6.07) is 0. The van der Waals surface area contributed by atoms with Crippen molar-refractivity contribution in [3.63, 3.8) is 0 Å². The highest BCUT2D eigenvalue weighted by molar-refractivity contribution is 4.84. The van der Waals surface area contributed by atoms with Gasteiger partial charge in [0.2, 0.25) is 0 Å². The van der Waals surface area contributed by atoms with Crippen molar-refractivity contribution in [1.29, 1.82) is 0 Å². The second kappa shape index (κ2) is 8.51. The van der Waals surface area contributed by atoms with Gasteiger partial charge in [0, 0.05) is 0 Å². The molecule has 3 N–H and O–H groups in total. The van der Waals surface area contributed by atoms with E-state index in [1.54, 1.807) is 0 Å². The third-order valence-corrected chi connectivity index (χ3v) is 3.73. The second-order valence-electron chi connectivity index (χ2n) is 5.87. The average Bonchev–Trinajstić information content (AvgIpc) is 2.98. The van der Waals surface area contributed by atoms with Crippen molar-refractivity contribution in [2.45, 2.75) is 56.6 Å². The van der Waals surface area contributed by atoms with Gasteiger partial charge < -0.3 is 39.0 Å². The van der Waals surface area contributed by atoms with Crippen molar-refractivity contribution in [3.05, 3.63) is 0 Å². The number of aliphatic hydroxyl groups excluding tert-OH is 3. The maximum Gasteiger partial charge on any atom is 0.147 e. The summed E-state index contributed by atoms with van der Waals surface area (Å²) >= 11 is 0. The van der Waals surface area contributed by atoms with Gasteiger partial charge in [-0.05, 0) is 13.8 Å². The molecule has 2 fully saturated rings. The predicted molar refractivity (Wildman–Crippen MR) is 74.3 cm³/mol. The van der Waals surface area contributed by atoms with E-state index in [4.69, 9.17) is 23.7 Å². The Morgan fingerprint density at radius 1 is 1.00 bits per heavy atom. The summed E-state index contributed by atoms with van der Waals surface area (Å²) in [5.41, 5.74) is 0. The second-order valence-corrected chi connectivity index (χ2v) is 5.87. The summed E-state index contributed by atoms with van der Waals surface area (Å²) in [5, 5.41) is 29.0. The van der Waals surface area contributed by atoms with Crippen LogP contribution in [0.3, 0.4) is 0 Å². The highest BCUT2D eigenvalue weighted by Crippen LogP contribution is 2.19. The van der Waals surface area contributed by atoms with E-state index in [2.05, 4.69) is 0 Å². The summed E-state index contributed by atoms with van der Waals surface area (Å²) in [5.74, 6) is 0. The first-order chi connectivity index (χ1) is 10.5. The smallest absolute Gasteiger partial charge is 0.147 e. The zero-order valence-corrected chi connectivity index (χ0v) is 13.0. The van der Waals surface area contributed by atoms with E-state index in [9.17, 15) is 15.3 Å². The summed E-state index contributed by atoms with van der Waals surface area (Å²) in [7, 11) is 0. The first-order valence-corrected chi connectivity index (χ1v) is 7.57. The van der Waals surface area contributed by atoms with E-state index in [1.807, 2.05) is 13.8 Å². The predicted octanol–water partition coefficient (Wildman–Crippen LogP) is -1.35.